The molecule has 3 rings (SSSR count). The molecule has 0 radical (unpaired) electrons. The lowest BCUT2D eigenvalue weighted by atomic mass is 10.0. The molecule has 5 heteroatoms. The maximum atomic E-state index is 5.99. The Morgan fingerprint density at radius 2 is 1.83 bits per heavy atom. The van der Waals surface area contributed by atoms with Gasteiger partial charge in [0.1, 0.15) is 16.8 Å². The van der Waals surface area contributed by atoms with Crippen LogP contribution in [0.15, 0.2) is 30.3 Å². The Balaban J connectivity index is 1.67. The topological polar surface area (TPSA) is 41.1 Å². The predicted octanol–water partition coefficient (Wildman–Crippen LogP) is 4.04. The van der Waals surface area contributed by atoms with Crippen LogP contribution in [0.5, 0.6) is 0 Å². The highest BCUT2D eigenvalue weighted by atomic mass is 35.5. The van der Waals surface area contributed by atoms with E-state index in [0.717, 1.165) is 18.9 Å². The number of rotatable bonds is 5. The molecule has 0 bridgehead atoms. The molecule has 0 spiro atoms. The number of aromatic nitrogens is 2. The summed E-state index contributed by atoms with van der Waals surface area (Å²) in [5, 5.41) is 3.84. The normalized spacial score (nSPS) is 15.6. The summed E-state index contributed by atoms with van der Waals surface area (Å²) in [5.74, 6) is 1.46. The number of nitrogens with zero attached hydrogens (tertiary/aromatic N) is 3. The molecule has 1 aromatic heterocycles. The van der Waals surface area contributed by atoms with Gasteiger partial charge in [-0.15, -0.1) is 0 Å². The lowest BCUT2D eigenvalue weighted by Crippen LogP contribution is -2.29. The van der Waals surface area contributed by atoms with Gasteiger partial charge in [0.05, 0.1) is 0 Å². The predicted molar refractivity (Wildman–Crippen MR) is 94.7 cm³/mol. The van der Waals surface area contributed by atoms with E-state index in [1.165, 1.54) is 43.5 Å². The summed E-state index contributed by atoms with van der Waals surface area (Å²) in [6.07, 6.45) is 4.01. The van der Waals surface area contributed by atoms with Gasteiger partial charge >= 0.3 is 0 Å². The van der Waals surface area contributed by atoms with E-state index >= 15 is 0 Å². The van der Waals surface area contributed by atoms with Gasteiger partial charge in [0.15, 0.2) is 0 Å². The fraction of sp³-hybridized carbons (Fsp3) is 0.444. The van der Waals surface area contributed by atoms with Crippen molar-refractivity contribution in [3.05, 3.63) is 52.4 Å². The van der Waals surface area contributed by atoms with Crippen molar-refractivity contribution < 1.29 is 0 Å². The molecule has 0 atom stereocenters. The minimum atomic E-state index is 0.474. The van der Waals surface area contributed by atoms with Crippen LogP contribution >= 0.6 is 11.6 Å². The first-order chi connectivity index (χ1) is 11.2. The molecule has 1 fully saturated rings. The Morgan fingerprint density at radius 1 is 1.09 bits per heavy atom. The van der Waals surface area contributed by atoms with E-state index in [1.807, 2.05) is 6.92 Å². The molecule has 0 amide bonds. The SMILES string of the molecule is Cc1nc(Cl)cc(NCc2ccccc2CN2CCCCC2)n1. The van der Waals surface area contributed by atoms with Gasteiger partial charge in [0, 0.05) is 19.2 Å². The van der Waals surface area contributed by atoms with Gasteiger partial charge in [-0.1, -0.05) is 42.3 Å². The monoisotopic (exact) mass is 330 g/mol. The van der Waals surface area contributed by atoms with E-state index in [1.54, 1.807) is 6.07 Å². The van der Waals surface area contributed by atoms with Crippen molar-refractivity contribution in [2.24, 2.45) is 0 Å². The van der Waals surface area contributed by atoms with Gasteiger partial charge in [0.2, 0.25) is 0 Å². The smallest absolute Gasteiger partial charge is 0.134 e. The van der Waals surface area contributed by atoms with Crippen LogP contribution in [0, 0.1) is 6.92 Å². The van der Waals surface area contributed by atoms with Gasteiger partial charge < -0.3 is 5.32 Å². The van der Waals surface area contributed by atoms with Gasteiger partial charge in [-0.05, 0) is 44.0 Å². The number of likely N-dealkylation sites (tertiary alicyclic amines) is 1. The third-order valence-electron chi connectivity index (χ3n) is 4.23. The quantitative estimate of drug-likeness (QED) is 0.840. The fourth-order valence-electron chi connectivity index (χ4n) is 3.05. The molecule has 0 unspecified atom stereocenters. The molecule has 0 aliphatic carbocycles. The Morgan fingerprint density at radius 3 is 2.57 bits per heavy atom. The average Bonchev–Trinajstić information content (AvgIpc) is 2.54. The van der Waals surface area contributed by atoms with Gasteiger partial charge in [-0.2, -0.15) is 0 Å². The number of hydrogen-bond donors (Lipinski definition) is 1. The molecule has 1 saturated heterocycles. The van der Waals surface area contributed by atoms with Crippen LogP contribution in [0.2, 0.25) is 5.15 Å². The van der Waals surface area contributed by atoms with Crippen molar-refractivity contribution in [3.8, 4) is 0 Å². The second-order valence-electron chi connectivity index (χ2n) is 6.08. The lowest BCUT2D eigenvalue weighted by Gasteiger charge is -2.27. The number of piperidine rings is 1. The van der Waals surface area contributed by atoms with Crippen LogP contribution in [0.3, 0.4) is 0 Å². The number of benzene rings is 1. The summed E-state index contributed by atoms with van der Waals surface area (Å²) < 4.78 is 0. The summed E-state index contributed by atoms with van der Waals surface area (Å²) in [6, 6.07) is 10.4. The molecule has 122 valence electrons. The highest BCUT2D eigenvalue weighted by Crippen LogP contribution is 2.18. The van der Waals surface area contributed by atoms with E-state index in [0.29, 0.717) is 11.0 Å². The van der Waals surface area contributed by atoms with Crippen LogP contribution in [0.1, 0.15) is 36.2 Å². The maximum Gasteiger partial charge on any atom is 0.134 e. The zero-order valence-electron chi connectivity index (χ0n) is 13.6. The highest BCUT2D eigenvalue weighted by Gasteiger charge is 2.12. The Kier molecular flexibility index (Phi) is 5.47. The van der Waals surface area contributed by atoms with E-state index in [2.05, 4.69) is 44.5 Å². The zero-order chi connectivity index (χ0) is 16.1. The molecule has 1 aliphatic rings. The highest BCUT2D eigenvalue weighted by molar-refractivity contribution is 6.29. The molecule has 0 saturated carbocycles. The minimum Gasteiger partial charge on any atom is -0.366 e. The molecule has 2 aromatic rings. The van der Waals surface area contributed by atoms with Crippen LogP contribution in [0.25, 0.3) is 0 Å². The molecule has 1 N–H and O–H groups in total. The summed E-state index contributed by atoms with van der Waals surface area (Å²) in [5.41, 5.74) is 2.70. The molecule has 4 nitrogen and oxygen atoms in total. The maximum absolute atomic E-state index is 5.99. The van der Waals surface area contributed by atoms with Crippen LogP contribution in [0.4, 0.5) is 5.82 Å². The molecule has 2 heterocycles. The summed E-state index contributed by atoms with van der Waals surface area (Å²) in [4.78, 5) is 11.0. The molecule has 1 aromatic carbocycles. The number of anilines is 1. The average molecular weight is 331 g/mol. The number of nitrogens with one attached hydrogen (secondary N) is 1. The molecular formula is C18H23ClN4. The molecule has 1 aliphatic heterocycles. The Hall–Kier alpha value is -1.65. The summed E-state index contributed by atoms with van der Waals surface area (Å²) >= 11 is 5.99. The second-order valence-corrected chi connectivity index (χ2v) is 6.47. The van der Waals surface area contributed by atoms with E-state index < -0.39 is 0 Å². The Bertz CT molecular complexity index is 633. The summed E-state index contributed by atoms with van der Waals surface area (Å²) in [7, 11) is 0. The van der Waals surface area contributed by atoms with Gasteiger partial charge in [-0.3, -0.25) is 4.90 Å². The minimum absolute atomic E-state index is 0.474. The largest absolute Gasteiger partial charge is 0.366 e. The first kappa shape index (κ1) is 16.2. The van der Waals surface area contributed by atoms with Crippen LogP contribution in [-0.2, 0) is 13.1 Å². The van der Waals surface area contributed by atoms with Crippen LogP contribution in [-0.4, -0.2) is 28.0 Å². The van der Waals surface area contributed by atoms with E-state index in [-0.39, 0.29) is 0 Å². The van der Waals surface area contributed by atoms with Crippen molar-refractivity contribution in [1.82, 2.24) is 14.9 Å². The first-order valence-electron chi connectivity index (χ1n) is 8.25. The molecular weight excluding hydrogens is 308 g/mol. The fourth-order valence-corrected chi connectivity index (χ4v) is 3.28. The third kappa shape index (κ3) is 4.66. The van der Waals surface area contributed by atoms with Crippen molar-refractivity contribution in [2.75, 3.05) is 18.4 Å². The van der Waals surface area contributed by atoms with Crippen molar-refractivity contribution in [3.63, 3.8) is 0 Å². The zero-order valence-corrected chi connectivity index (χ0v) is 14.3. The van der Waals surface area contributed by atoms with Crippen molar-refractivity contribution in [1.29, 1.82) is 0 Å². The summed E-state index contributed by atoms with van der Waals surface area (Å²) in [6.45, 7) is 6.05. The first-order valence-corrected chi connectivity index (χ1v) is 8.63. The van der Waals surface area contributed by atoms with Crippen molar-refractivity contribution >= 4 is 17.4 Å². The number of halogens is 1. The van der Waals surface area contributed by atoms with Gasteiger partial charge in [0.25, 0.3) is 0 Å². The number of aryl methyl sites for hydroxylation is 1. The van der Waals surface area contributed by atoms with E-state index in [4.69, 9.17) is 11.6 Å². The van der Waals surface area contributed by atoms with Crippen molar-refractivity contribution in [2.45, 2.75) is 39.3 Å². The third-order valence-corrected chi connectivity index (χ3v) is 4.42. The lowest BCUT2D eigenvalue weighted by molar-refractivity contribution is 0.220. The van der Waals surface area contributed by atoms with E-state index in [9.17, 15) is 0 Å². The van der Waals surface area contributed by atoms with Gasteiger partial charge in [-0.25, -0.2) is 9.97 Å². The second kappa shape index (κ2) is 7.75. The Labute approximate surface area is 142 Å². The van der Waals surface area contributed by atoms with Crippen LogP contribution < -0.4 is 5.32 Å². The number of hydrogen-bond acceptors (Lipinski definition) is 4. The standard InChI is InChI=1S/C18H23ClN4/c1-14-21-17(19)11-18(22-14)20-12-15-7-3-4-8-16(15)13-23-9-5-2-6-10-23/h3-4,7-8,11H,2,5-6,9-10,12-13H2,1H3,(H,20,21,22). The molecule has 23 heavy (non-hydrogen) atoms.